The first-order valence-electron chi connectivity index (χ1n) is 3.56. The van der Waals surface area contributed by atoms with Gasteiger partial charge in [-0.3, -0.25) is 0 Å². The Labute approximate surface area is 89.5 Å². The number of hydrogen-bond acceptors (Lipinski definition) is 3. The van der Waals surface area contributed by atoms with Crippen molar-refractivity contribution in [3.63, 3.8) is 0 Å². The van der Waals surface area contributed by atoms with Crippen LogP contribution < -0.4 is 10.5 Å². The van der Waals surface area contributed by atoms with E-state index in [0.29, 0.717) is 4.47 Å². The molecule has 1 aromatic carbocycles. The second-order valence-corrected chi connectivity index (χ2v) is 5.22. The molecule has 1 aromatic rings. The molecule has 0 saturated heterocycles. The summed E-state index contributed by atoms with van der Waals surface area (Å²) in [5.74, 6) is -0.847. The van der Waals surface area contributed by atoms with Gasteiger partial charge in [0, 0.05) is 10.2 Å². The Hall–Kier alpha value is -0.660. The van der Waals surface area contributed by atoms with Gasteiger partial charge < -0.3 is 5.73 Å². The summed E-state index contributed by atoms with van der Waals surface area (Å²) < 4.78 is 38.1. The summed E-state index contributed by atoms with van der Waals surface area (Å²) >= 11 is 2.99. The van der Waals surface area contributed by atoms with Crippen molar-refractivity contribution in [2.75, 3.05) is 12.8 Å². The Bertz CT molecular complexity index is 461. The molecule has 0 fully saturated rings. The molecule has 0 radical (unpaired) electrons. The van der Waals surface area contributed by atoms with Crippen LogP contribution in [0.1, 0.15) is 0 Å². The molecule has 1 rings (SSSR count). The molecule has 3 N–H and O–H groups in total. The second kappa shape index (κ2) is 3.84. The van der Waals surface area contributed by atoms with Gasteiger partial charge in [-0.2, -0.15) is 0 Å². The van der Waals surface area contributed by atoms with Gasteiger partial charge in [-0.15, -0.1) is 0 Å². The average Bonchev–Trinajstić information content (AvgIpc) is 2.11. The molecule has 0 unspecified atom stereocenters. The molecule has 14 heavy (non-hydrogen) atoms. The van der Waals surface area contributed by atoms with Crippen LogP contribution in [0.2, 0.25) is 0 Å². The number of nitrogen functional groups attached to an aromatic ring is 1. The molecule has 0 heterocycles. The van der Waals surface area contributed by atoms with Crippen molar-refractivity contribution in [1.82, 2.24) is 4.72 Å². The molecular formula is C7H8BrFN2O2S. The molecule has 7 heteroatoms. The third kappa shape index (κ3) is 2.05. The monoisotopic (exact) mass is 282 g/mol. The Morgan fingerprint density at radius 2 is 2.07 bits per heavy atom. The molecule has 0 bridgehead atoms. The van der Waals surface area contributed by atoms with Crippen molar-refractivity contribution in [2.24, 2.45) is 0 Å². The first kappa shape index (κ1) is 11.4. The molecule has 0 aliphatic carbocycles. The van der Waals surface area contributed by atoms with Gasteiger partial charge in [-0.25, -0.2) is 17.5 Å². The highest BCUT2D eigenvalue weighted by atomic mass is 79.9. The smallest absolute Gasteiger partial charge is 0.243 e. The van der Waals surface area contributed by atoms with Crippen molar-refractivity contribution in [3.05, 3.63) is 22.4 Å². The zero-order valence-corrected chi connectivity index (χ0v) is 9.62. The van der Waals surface area contributed by atoms with Gasteiger partial charge in [-0.1, -0.05) is 0 Å². The summed E-state index contributed by atoms with van der Waals surface area (Å²) in [6.45, 7) is 0. The van der Waals surface area contributed by atoms with Crippen LogP contribution in [0, 0.1) is 5.82 Å². The first-order valence-corrected chi connectivity index (χ1v) is 5.84. The van der Waals surface area contributed by atoms with E-state index in [1.54, 1.807) is 0 Å². The summed E-state index contributed by atoms with van der Waals surface area (Å²) in [4.78, 5) is -0.458. The van der Waals surface area contributed by atoms with Crippen molar-refractivity contribution < 1.29 is 12.8 Å². The topological polar surface area (TPSA) is 72.2 Å². The summed E-state index contributed by atoms with van der Waals surface area (Å²) in [5, 5.41) is 0. The predicted molar refractivity (Wildman–Crippen MR) is 54.8 cm³/mol. The van der Waals surface area contributed by atoms with Crippen LogP contribution in [0.5, 0.6) is 0 Å². The molecule has 0 aliphatic heterocycles. The highest BCUT2D eigenvalue weighted by molar-refractivity contribution is 9.10. The number of anilines is 1. The maximum absolute atomic E-state index is 13.2. The van der Waals surface area contributed by atoms with Gasteiger partial charge in [0.2, 0.25) is 10.0 Å². The Morgan fingerprint density at radius 3 is 2.57 bits per heavy atom. The summed E-state index contributed by atoms with van der Waals surface area (Å²) in [6, 6.07) is 2.07. The van der Waals surface area contributed by atoms with Crippen LogP contribution in [0.15, 0.2) is 21.5 Å². The van der Waals surface area contributed by atoms with E-state index in [1.807, 2.05) is 4.72 Å². The van der Waals surface area contributed by atoms with Crippen LogP contribution in [0.25, 0.3) is 0 Å². The molecule has 4 nitrogen and oxygen atoms in total. The van der Waals surface area contributed by atoms with E-state index in [-0.39, 0.29) is 5.69 Å². The van der Waals surface area contributed by atoms with E-state index in [2.05, 4.69) is 15.9 Å². The van der Waals surface area contributed by atoms with Crippen molar-refractivity contribution in [2.45, 2.75) is 4.90 Å². The minimum absolute atomic E-state index is 0.167. The molecular weight excluding hydrogens is 275 g/mol. The van der Waals surface area contributed by atoms with E-state index in [0.717, 1.165) is 12.1 Å². The van der Waals surface area contributed by atoms with Crippen LogP contribution >= 0.6 is 15.9 Å². The van der Waals surface area contributed by atoms with Crippen LogP contribution in [0.3, 0.4) is 0 Å². The number of benzene rings is 1. The van der Waals surface area contributed by atoms with Crippen molar-refractivity contribution in [1.29, 1.82) is 0 Å². The lowest BCUT2D eigenvalue weighted by Gasteiger charge is -2.06. The van der Waals surface area contributed by atoms with Crippen molar-refractivity contribution in [3.8, 4) is 0 Å². The van der Waals surface area contributed by atoms with E-state index in [9.17, 15) is 12.8 Å². The number of hydrogen-bond donors (Lipinski definition) is 2. The maximum atomic E-state index is 13.2. The highest BCUT2D eigenvalue weighted by Crippen LogP contribution is 2.25. The molecule has 0 aromatic heterocycles. The molecule has 0 saturated carbocycles. The number of rotatable bonds is 2. The Morgan fingerprint density at radius 1 is 1.50 bits per heavy atom. The number of sulfonamides is 1. The van der Waals surface area contributed by atoms with Gasteiger partial charge in [0.1, 0.15) is 10.7 Å². The standard InChI is InChI=1S/C7H8BrFN2O2S/c1-11-14(12,13)7-3-6(10)4(8)2-5(7)9/h2-3,11H,10H2,1H3. The van der Waals surface area contributed by atoms with Crippen LogP contribution in [-0.4, -0.2) is 15.5 Å². The van der Waals surface area contributed by atoms with Gasteiger partial charge in [-0.05, 0) is 35.1 Å². The zero-order valence-electron chi connectivity index (χ0n) is 7.21. The van der Waals surface area contributed by atoms with Gasteiger partial charge in [0.25, 0.3) is 0 Å². The summed E-state index contributed by atoms with van der Waals surface area (Å²) in [5.41, 5.74) is 5.60. The maximum Gasteiger partial charge on any atom is 0.243 e. The minimum Gasteiger partial charge on any atom is -0.398 e. The fourth-order valence-electron chi connectivity index (χ4n) is 0.861. The van der Waals surface area contributed by atoms with Gasteiger partial charge in [0.15, 0.2) is 0 Å². The van der Waals surface area contributed by atoms with E-state index >= 15 is 0 Å². The lowest BCUT2D eigenvalue weighted by Crippen LogP contribution is -2.20. The SMILES string of the molecule is CNS(=O)(=O)c1cc(N)c(Br)cc1F. The third-order valence-electron chi connectivity index (χ3n) is 1.61. The minimum atomic E-state index is -3.79. The molecule has 78 valence electrons. The quantitative estimate of drug-likeness (QED) is 0.798. The van der Waals surface area contributed by atoms with Crippen LogP contribution in [-0.2, 0) is 10.0 Å². The number of nitrogens with two attached hydrogens (primary N) is 1. The zero-order chi connectivity index (χ0) is 10.9. The average molecular weight is 283 g/mol. The number of nitrogens with one attached hydrogen (secondary N) is 1. The molecule has 0 spiro atoms. The second-order valence-electron chi connectivity index (χ2n) is 2.51. The van der Waals surface area contributed by atoms with Crippen LogP contribution in [0.4, 0.5) is 10.1 Å². The number of halogens is 2. The largest absolute Gasteiger partial charge is 0.398 e. The lowest BCUT2D eigenvalue weighted by atomic mass is 10.3. The molecule has 0 aliphatic rings. The van der Waals surface area contributed by atoms with E-state index in [4.69, 9.17) is 5.73 Å². The predicted octanol–water partition coefficient (Wildman–Crippen LogP) is 1.08. The van der Waals surface area contributed by atoms with Crippen molar-refractivity contribution >= 4 is 31.6 Å². The third-order valence-corrected chi connectivity index (χ3v) is 3.73. The summed E-state index contributed by atoms with van der Waals surface area (Å²) in [6.07, 6.45) is 0. The Kier molecular flexibility index (Phi) is 3.13. The van der Waals surface area contributed by atoms with Gasteiger partial charge in [0.05, 0.1) is 0 Å². The summed E-state index contributed by atoms with van der Waals surface area (Å²) in [7, 11) is -2.59. The van der Waals surface area contributed by atoms with Gasteiger partial charge >= 0.3 is 0 Å². The van der Waals surface area contributed by atoms with E-state index in [1.165, 1.54) is 7.05 Å². The lowest BCUT2D eigenvalue weighted by molar-refractivity contribution is 0.561. The fraction of sp³-hybridized carbons (Fsp3) is 0.143. The first-order chi connectivity index (χ1) is 6.38. The molecule has 0 atom stereocenters. The molecule has 0 amide bonds. The Balaban J connectivity index is 3.45. The normalized spacial score (nSPS) is 11.6. The van der Waals surface area contributed by atoms with E-state index < -0.39 is 20.7 Å². The fourth-order valence-corrected chi connectivity index (χ4v) is 1.99. The highest BCUT2D eigenvalue weighted by Gasteiger charge is 2.18.